The molecule has 0 fully saturated rings. The van der Waals surface area contributed by atoms with Crippen LogP contribution in [0.3, 0.4) is 0 Å². The molecule has 0 amide bonds. The summed E-state index contributed by atoms with van der Waals surface area (Å²) in [5.74, 6) is 3.43. The standard InChI is InChI=1S/C44H40N4O/c1-42(2,3)27-23-34-40-35(24-27)44(6,7)33-14-12-22-46-41(33)48(40)38-26-29(18-20-32(38)43(34,4)5)49-28-17-19-31-30-13-8-9-15-36(30)47(37(31)25-28)39-16-10-11-21-45-39/h8-26H,1-7H3. The van der Waals surface area contributed by atoms with Gasteiger partial charge < -0.3 is 4.74 Å². The van der Waals surface area contributed by atoms with Crippen molar-refractivity contribution in [3.8, 4) is 17.3 Å². The van der Waals surface area contributed by atoms with Crippen LogP contribution in [0.15, 0.2) is 116 Å². The Morgan fingerprint density at radius 3 is 2.02 bits per heavy atom. The molecule has 0 saturated carbocycles. The Bertz CT molecular complexity index is 2450. The number of fused-ring (bicyclic) bond motifs is 7. The van der Waals surface area contributed by atoms with E-state index < -0.39 is 0 Å². The van der Waals surface area contributed by atoms with E-state index in [0.717, 1.165) is 45.2 Å². The Kier molecular flexibility index (Phi) is 6.09. The number of para-hydroxylation sites is 1. The third kappa shape index (κ3) is 4.24. The molecule has 0 N–H and O–H groups in total. The maximum atomic E-state index is 6.75. The van der Waals surface area contributed by atoms with Crippen LogP contribution in [0, 0.1) is 0 Å². The summed E-state index contributed by atoms with van der Waals surface area (Å²) in [6.07, 6.45) is 3.76. The van der Waals surface area contributed by atoms with Crippen molar-refractivity contribution in [2.75, 3.05) is 4.90 Å². The highest BCUT2D eigenvalue weighted by molar-refractivity contribution is 6.09. The molecule has 5 heteroatoms. The molecule has 2 aliphatic heterocycles. The first kappa shape index (κ1) is 29.7. The fourth-order valence-electron chi connectivity index (χ4n) is 8.13. The molecule has 7 aromatic rings. The predicted molar refractivity (Wildman–Crippen MR) is 201 cm³/mol. The summed E-state index contributed by atoms with van der Waals surface area (Å²) < 4.78 is 8.97. The van der Waals surface area contributed by atoms with Crippen molar-refractivity contribution in [1.82, 2.24) is 14.5 Å². The maximum Gasteiger partial charge on any atom is 0.141 e. The van der Waals surface area contributed by atoms with Crippen LogP contribution in [-0.2, 0) is 16.2 Å². The number of anilines is 3. The van der Waals surface area contributed by atoms with E-state index >= 15 is 0 Å². The van der Waals surface area contributed by atoms with Crippen LogP contribution in [-0.4, -0.2) is 14.5 Å². The number of benzene rings is 4. The van der Waals surface area contributed by atoms with Gasteiger partial charge in [-0.3, -0.25) is 9.47 Å². The van der Waals surface area contributed by atoms with E-state index in [0.29, 0.717) is 0 Å². The molecule has 0 unspecified atom stereocenters. The Morgan fingerprint density at radius 1 is 0.592 bits per heavy atom. The Hall–Kier alpha value is -5.42. The Balaban J connectivity index is 1.22. The lowest BCUT2D eigenvalue weighted by atomic mass is 9.65. The summed E-state index contributed by atoms with van der Waals surface area (Å²) in [5, 5.41) is 2.35. The highest BCUT2D eigenvalue weighted by Crippen LogP contribution is 2.60. The first-order valence-corrected chi connectivity index (χ1v) is 17.2. The lowest BCUT2D eigenvalue weighted by molar-refractivity contribution is 0.482. The van der Waals surface area contributed by atoms with E-state index in [1.54, 1.807) is 0 Å². The zero-order valence-corrected chi connectivity index (χ0v) is 29.2. The van der Waals surface area contributed by atoms with Gasteiger partial charge >= 0.3 is 0 Å². The van der Waals surface area contributed by atoms with Gasteiger partial charge in [0.2, 0.25) is 0 Å². The van der Waals surface area contributed by atoms with Crippen LogP contribution >= 0.6 is 0 Å². The molecule has 0 atom stereocenters. The van der Waals surface area contributed by atoms with Gasteiger partial charge in [0.1, 0.15) is 23.1 Å². The fraction of sp³-hybridized carbons (Fsp3) is 0.227. The van der Waals surface area contributed by atoms with Crippen molar-refractivity contribution < 1.29 is 4.74 Å². The number of nitrogens with zero attached hydrogens (tertiary/aromatic N) is 4. The molecule has 0 spiro atoms. The Labute approximate surface area is 287 Å². The molecule has 3 aromatic heterocycles. The second-order valence-electron chi connectivity index (χ2n) is 15.6. The minimum atomic E-state index is -0.236. The topological polar surface area (TPSA) is 43.2 Å². The van der Waals surface area contributed by atoms with Crippen LogP contribution in [0.4, 0.5) is 17.2 Å². The fourth-order valence-corrected chi connectivity index (χ4v) is 8.13. The highest BCUT2D eigenvalue weighted by atomic mass is 16.5. The predicted octanol–water partition coefficient (Wildman–Crippen LogP) is 11.4. The van der Waals surface area contributed by atoms with Crippen LogP contribution < -0.4 is 9.64 Å². The van der Waals surface area contributed by atoms with Gasteiger partial charge in [0.15, 0.2) is 0 Å². The quantitative estimate of drug-likeness (QED) is 0.193. The van der Waals surface area contributed by atoms with Gasteiger partial charge in [-0.05, 0) is 70.1 Å². The van der Waals surface area contributed by atoms with Crippen LogP contribution in [0.25, 0.3) is 27.6 Å². The van der Waals surface area contributed by atoms with Gasteiger partial charge in [-0.1, -0.05) is 97.0 Å². The minimum Gasteiger partial charge on any atom is -0.457 e. The molecular formula is C44H40N4O. The summed E-state index contributed by atoms with van der Waals surface area (Å²) in [5.41, 5.74) is 10.6. The number of aromatic nitrogens is 3. The zero-order valence-electron chi connectivity index (χ0n) is 29.2. The first-order chi connectivity index (χ1) is 23.4. The normalized spacial score (nSPS) is 15.5. The third-order valence-electron chi connectivity index (χ3n) is 10.9. The number of pyridine rings is 2. The van der Waals surface area contributed by atoms with Gasteiger partial charge in [-0.15, -0.1) is 0 Å². The molecule has 5 nitrogen and oxygen atoms in total. The van der Waals surface area contributed by atoms with Crippen molar-refractivity contribution in [3.05, 3.63) is 143 Å². The monoisotopic (exact) mass is 640 g/mol. The highest BCUT2D eigenvalue weighted by Gasteiger charge is 2.47. The largest absolute Gasteiger partial charge is 0.457 e. The second-order valence-corrected chi connectivity index (χ2v) is 15.6. The average molecular weight is 641 g/mol. The van der Waals surface area contributed by atoms with Crippen molar-refractivity contribution in [2.45, 2.75) is 64.7 Å². The van der Waals surface area contributed by atoms with Gasteiger partial charge in [-0.2, -0.15) is 0 Å². The molecule has 0 saturated heterocycles. The van der Waals surface area contributed by atoms with Crippen molar-refractivity contribution in [3.63, 3.8) is 0 Å². The first-order valence-electron chi connectivity index (χ1n) is 17.2. The maximum absolute atomic E-state index is 6.75. The van der Waals surface area contributed by atoms with Crippen molar-refractivity contribution in [1.29, 1.82) is 0 Å². The summed E-state index contributed by atoms with van der Waals surface area (Å²) in [7, 11) is 0. The molecule has 4 aromatic carbocycles. The van der Waals surface area contributed by atoms with Gasteiger partial charge in [-0.25, -0.2) is 9.97 Å². The van der Waals surface area contributed by atoms with Gasteiger partial charge in [0.25, 0.3) is 0 Å². The van der Waals surface area contributed by atoms with Crippen LogP contribution in [0.1, 0.15) is 76.3 Å². The molecule has 242 valence electrons. The molecule has 5 heterocycles. The summed E-state index contributed by atoms with van der Waals surface area (Å²) in [6.45, 7) is 16.3. The summed E-state index contributed by atoms with van der Waals surface area (Å²) in [4.78, 5) is 12.1. The summed E-state index contributed by atoms with van der Waals surface area (Å²) in [6, 6.07) is 36.7. The SMILES string of the molecule is CC(C)(C)c1cc2c3c(c1)C(C)(C)c1cccnc1N3c1cc(Oc3ccc4c5ccccc5n(-c5ccccn5)c4c3)ccc1C2(C)C. The van der Waals surface area contributed by atoms with Crippen molar-refractivity contribution >= 4 is 39.0 Å². The number of rotatable bonds is 3. The molecule has 0 aliphatic carbocycles. The van der Waals surface area contributed by atoms with E-state index in [9.17, 15) is 0 Å². The Morgan fingerprint density at radius 2 is 1.27 bits per heavy atom. The van der Waals surface area contributed by atoms with E-state index in [1.165, 1.54) is 38.9 Å². The lowest BCUT2D eigenvalue weighted by Crippen LogP contribution is -2.39. The second kappa shape index (κ2) is 10.1. The molecular weight excluding hydrogens is 601 g/mol. The van der Waals surface area contributed by atoms with Gasteiger partial charge in [0.05, 0.1) is 22.4 Å². The molecule has 0 bridgehead atoms. The number of ether oxygens (including phenoxy) is 1. The number of hydrogen-bond donors (Lipinski definition) is 0. The molecule has 2 aliphatic rings. The van der Waals surface area contributed by atoms with E-state index in [4.69, 9.17) is 14.7 Å². The third-order valence-corrected chi connectivity index (χ3v) is 10.9. The minimum absolute atomic E-state index is 0.0130. The van der Waals surface area contributed by atoms with Crippen LogP contribution in [0.5, 0.6) is 11.5 Å². The zero-order chi connectivity index (χ0) is 33.9. The van der Waals surface area contributed by atoms with Crippen LogP contribution in [0.2, 0.25) is 0 Å². The molecule has 0 radical (unpaired) electrons. The molecule has 9 rings (SSSR count). The van der Waals surface area contributed by atoms with Crippen molar-refractivity contribution in [2.24, 2.45) is 0 Å². The van der Waals surface area contributed by atoms with E-state index in [2.05, 4.69) is 143 Å². The van der Waals surface area contributed by atoms with E-state index in [1.807, 2.05) is 30.6 Å². The summed E-state index contributed by atoms with van der Waals surface area (Å²) >= 11 is 0. The average Bonchev–Trinajstić information content (AvgIpc) is 3.41. The van der Waals surface area contributed by atoms with E-state index in [-0.39, 0.29) is 16.2 Å². The lowest BCUT2D eigenvalue weighted by Gasteiger charge is -2.49. The number of hydrogen-bond acceptors (Lipinski definition) is 4. The molecule has 49 heavy (non-hydrogen) atoms. The van der Waals surface area contributed by atoms with Gasteiger partial charge in [0, 0.05) is 51.7 Å². The smallest absolute Gasteiger partial charge is 0.141 e.